The van der Waals surface area contributed by atoms with Gasteiger partial charge < -0.3 is 25.0 Å². The van der Waals surface area contributed by atoms with Gasteiger partial charge in [0, 0.05) is 34.3 Å². The van der Waals surface area contributed by atoms with Gasteiger partial charge in [-0.05, 0) is 37.5 Å². The third-order valence-electron chi connectivity index (χ3n) is 5.26. The number of carbonyl (C=O) groups excluding carboxylic acids is 1. The van der Waals surface area contributed by atoms with E-state index in [1.54, 1.807) is 12.0 Å². The van der Waals surface area contributed by atoms with Gasteiger partial charge in [-0.25, -0.2) is 4.99 Å². The summed E-state index contributed by atoms with van der Waals surface area (Å²) in [5, 5.41) is 6.69. The van der Waals surface area contributed by atoms with E-state index in [4.69, 9.17) is 14.5 Å². The Bertz CT molecular complexity index is 653. The second-order valence-corrected chi connectivity index (χ2v) is 7.72. The lowest BCUT2D eigenvalue weighted by atomic mass is 9.84. The smallest absolute Gasteiger partial charge is 0.230 e. The van der Waals surface area contributed by atoms with Gasteiger partial charge in [0.1, 0.15) is 12.4 Å². The van der Waals surface area contributed by atoms with E-state index in [2.05, 4.69) is 10.6 Å². The summed E-state index contributed by atoms with van der Waals surface area (Å²) >= 11 is 0. The van der Waals surface area contributed by atoms with Gasteiger partial charge in [-0.15, -0.1) is 0 Å². The second kappa shape index (κ2) is 11.7. The van der Waals surface area contributed by atoms with Gasteiger partial charge >= 0.3 is 0 Å². The summed E-state index contributed by atoms with van der Waals surface area (Å²) in [6, 6.07) is 7.93. The lowest BCUT2D eigenvalue weighted by Gasteiger charge is -2.31. The molecule has 1 aliphatic carbocycles. The van der Waals surface area contributed by atoms with Crippen LogP contribution in [0, 0.1) is 5.41 Å². The van der Waals surface area contributed by atoms with Gasteiger partial charge in [-0.2, -0.15) is 0 Å². The first-order valence-corrected chi connectivity index (χ1v) is 10.5. The van der Waals surface area contributed by atoms with Crippen LogP contribution in [-0.2, 0) is 16.1 Å². The quantitative estimate of drug-likeness (QED) is 0.356. The van der Waals surface area contributed by atoms with E-state index in [0.717, 1.165) is 49.5 Å². The number of hydrogen-bond acceptors (Lipinski definition) is 4. The number of guanidine groups is 1. The summed E-state index contributed by atoms with van der Waals surface area (Å²) in [7, 11) is 5.33. The lowest BCUT2D eigenvalue weighted by molar-refractivity contribution is -0.138. The summed E-state index contributed by atoms with van der Waals surface area (Å²) in [5.74, 6) is 1.78. The van der Waals surface area contributed by atoms with E-state index < -0.39 is 0 Å². The molecule has 0 spiro atoms. The van der Waals surface area contributed by atoms with Crippen molar-refractivity contribution in [2.75, 3.05) is 47.5 Å². The Morgan fingerprint density at radius 2 is 1.83 bits per heavy atom. The average molecular weight is 405 g/mol. The first kappa shape index (κ1) is 23.0. The van der Waals surface area contributed by atoms with Gasteiger partial charge in [0.25, 0.3) is 0 Å². The summed E-state index contributed by atoms with van der Waals surface area (Å²) in [5.41, 5.74) is 0.780. The maximum absolute atomic E-state index is 12.7. The van der Waals surface area contributed by atoms with Crippen molar-refractivity contribution in [2.24, 2.45) is 10.4 Å². The minimum atomic E-state index is -0.319. The molecule has 1 aromatic rings. The number of carbonyl (C=O) groups is 1. The Morgan fingerprint density at radius 1 is 1.14 bits per heavy atom. The fourth-order valence-electron chi connectivity index (χ4n) is 3.69. The van der Waals surface area contributed by atoms with Crippen molar-refractivity contribution in [3.63, 3.8) is 0 Å². The van der Waals surface area contributed by atoms with E-state index >= 15 is 0 Å². The van der Waals surface area contributed by atoms with E-state index in [1.807, 2.05) is 45.3 Å². The molecule has 0 bridgehead atoms. The van der Waals surface area contributed by atoms with Crippen LogP contribution in [0.4, 0.5) is 0 Å². The number of ether oxygens (including phenoxy) is 2. The number of aliphatic imine (C=N–C) groups is 1. The molecular formula is C22H36N4O3. The minimum Gasteiger partial charge on any atom is -0.491 e. The summed E-state index contributed by atoms with van der Waals surface area (Å²) in [6.07, 6.45) is 4.07. The third-order valence-corrected chi connectivity index (χ3v) is 5.26. The third kappa shape index (κ3) is 6.92. The number of benzene rings is 1. The Kier molecular flexibility index (Phi) is 9.25. The Labute approximate surface area is 174 Å². The molecule has 29 heavy (non-hydrogen) atoms. The fourth-order valence-corrected chi connectivity index (χ4v) is 3.69. The molecule has 1 fully saturated rings. The Balaban J connectivity index is 1.96. The van der Waals surface area contributed by atoms with Crippen molar-refractivity contribution in [1.29, 1.82) is 0 Å². The molecule has 1 aliphatic rings. The minimum absolute atomic E-state index is 0.211. The number of methoxy groups -OCH3 is 1. The predicted molar refractivity (Wildman–Crippen MR) is 116 cm³/mol. The van der Waals surface area contributed by atoms with Gasteiger partial charge in [-0.3, -0.25) is 4.79 Å². The zero-order valence-electron chi connectivity index (χ0n) is 18.3. The molecule has 7 nitrogen and oxygen atoms in total. The van der Waals surface area contributed by atoms with Crippen LogP contribution in [0.3, 0.4) is 0 Å². The normalized spacial score (nSPS) is 15.8. The fraction of sp³-hybridized carbons (Fsp3) is 0.636. The predicted octanol–water partition coefficient (Wildman–Crippen LogP) is 2.42. The van der Waals surface area contributed by atoms with Crippen LogP contribution in [0.15, 0.2) is 29.3 Å². The van der Waals surface area contributed by atoms with Crippen LogP contribution in [0.2, 0.25) is 0 Å². The van der Waals surface area contributed by atoms with Crippen LogP contribution < -0.4 is 15.4 Å². The monoisotopic (exact) mass is 404 g/mol. The second-order valence-electron chi connectivity index (χ2n) is 7.72. The summed E-state index contributed by atoms with van der Waals surface area (Å²) in [6.45, 7) is 5.09. The molecule has 1 aromatic carbocycles. The van der Waals surface area contributed by atoms with Crippen molar-refractivity contribution < 1.29 is 14.3 Å². The zero-order valence-corrected chi connectivity index (χ0v) is 18.3. The van der Waals surface area contributed by atoms with Gasteiger partial charge in [-0.1, -0.05) is 25.0 Å². The number of nitrogens with zero attached hydrogens (tertiary/aromatic N) is 2. The molecule has 2 rings (SSSR count). The van der Waals surface area contributed by atoms with E-state index in [1.165, 1.54) is 0 Å². The highest BCUT2D eigenvalue weighted by molar-refractivity contribution is 5.85. The molecular weight excluding hydrogens is 368 g/mol. The van der Waals surface area contributed by atoms with Crippen molar-refractivity contribution in [3.05, 3.63) is 29.8 Å². The van der Waals surface area contributed by atoms with E-state index in [-0.39, 0.29) is 11.3 Å². The summed E-state index contributed by atoms with van der Waals surface area (Å²) < 4.78 is 10.6. The van der Waals surface area contributed by atoms with Crippen molar-refractivity contribution in [1.82, 2.24) is 15.5 Å². The molecule has 2 N–H and O–H groups in total. The molecule has 0 atom stereocenters. The SMILES string of the molecule is CCNC(=NCc1ccc(OCCOC)cc1)NCC1(C(=O)N(C)C)CCCC1. The van der Waals surface area contributed by atoms with Crippen molar-refractivity contribution in [2.45, 2.75) is 39.2 Å². The molecule has 7 heteroatoms. The van der Waals surface area contributed by atoms with Crippen LogP contribution in [-0.4, -0.2) is 64.3 Å². The number of hydrogen-bond donors (Lipinski definition) is 2. The zero-order chi connectivity index (χ0) is 21.1. The highest BCUT2D eigenvalue weighted by atomic mass is 16.5. The van der Waals surface area contributed by atoms with Gasteiger partial charge in [0.05, 0.1) is 18.6 Å². The average Bonchev–Trinajstić information content (AvgIpc) is 3.20. The topological polar surface area (TPSA) is 75.2 Å². The van der Waals surface area contributed by atoms with Crippen LogP contribution >= 0.6 is 0 Å². The van der Waals surface area contributed by atoms with Crippen LogP contribution in [0.25, 0.3) is 0 Å². The Morgan fingerprint density at radius 3 is 2.41 bits per heavy atom. The molecule has 0 heterocycles. The van der Waals surface area contributed by atoms with Gasteiger partial charge in [0.15, 0.2) is 5.96 Å². The van der Waals surface area contributed by atoms with E-state index in [9.17, 15) is 4.79 Å². The summed E-state index contributed by atoms with van der Waals surface area (Å²) in [4.78, 5) is 19.2. The Hall–Kier alpha value is -2.28. The highest BCUT2D eigenvalue weighted by Crippen LogP contribution is 2.38. The number of nitrogens with one attached hydrogen (secondary N) is 2. The molecule has 1 amide bonds. The number of amides is 1. The molecule has 0 saturated heterocycles. The lowest BCUT2D eigenvalue weighted by Crippen LogP contribution is -2.49. The molecule has 1 saturated carbocycles. The molecule has 0 radical (unpaired) electrons. The van der Waals surface area contributed by atoms with Crippen LogP contribution in [0.5, 0.6) is 5.75 Å². The maximum atomic E-state index is 12.7. The van der Waals surface area contributed by atoms with E-state index in [0.29, 0.717) is 26.3 Å². The van der Waals surface area contributed by atoms with Crippen molar-refractivity contribution >= 4 is 11.9 Å². The number of rotatable bonds is 10. The molecule has 162 valence electrons. The highest BCUT2D eigenvalue weighted by Gasteiger charge is 2.42. The molecule has 0 unspecified atom stereocenters. The standard InChI is InChI=1S/C22H36N4O3/c1-5-23-21(25-17-22(12-6-7-13-22)20(27)26(2)3)24-16-18-8-10-19(11-9-18)29-15-14-28-4/h8-11H,5-7,12-17H2,1-4H3,(H2,23,24,25). The van der Waals surface area contributed by atoms with Crippen LogP contribution in [0.1, 0.15) is 38.2 Å². The first-order chi connectivity index (χ1) is 14.0. The largest absolute Gasteiger partial charge is 0.491 e. The van der Waals surface area contributed by atoms with Gasteiger partial charge in [0.2, 0.25) is 5.91 Å². The molecule has 0 aromatic heterocycles. The maximum Gasteiger partial charge on any atom is 0.230 e. The first-order valence-electron chi connectivity index (χ1n) is 10.5. The molecule has 0 aliphatic heterocycles. The van der Waals surface area contributed by atoms with Crippen molar-refractivity contribution in [3.8, 4) is 5.75 Å².